The number of hydrogen-bond donors (Lipinski definition) is 1. The van der Waals surface area contributed by atoms with Gasteiger partial charge in [-0.05, 0) is 18.5 Å². The third-order valence-electron chi connectivity index (χ3n) is 2.78. The minimum Gasteiger partial charge on any atom is -0.368 e. The van der Waals surface area contributed by atoms with Crippen LogP contribution < -0.4 is 5.73 Å². The van der Waals surface area contributed by atoms with Crippen LogP contribution in [-0.4, -0.2) is 34.5 Å². The van der Waals surface area contributed by atoms with E-state index in [9.17, 15) is 0 Å². The Hall–Kier alpha value is -1.16. The van der Waals surface area contributed by atoms with E-state index in [1.807, 2.05) is 6.20 Å². The van der Waals surface area contributed by atoms with Crippen LogP contribution in [0.15, 0.2) is 6.20 Å². The van der Waals surface area contributed by atoms with Crippen LogP contribution in [0.4, 0.5) is 5.95 Å². The summed E-state index contributed by atoms with van der Waals surface area (Å²) in [5.41, 5.74) is 7.96. The molecule has 14 heavy (non-hydrogen) atoms. The lowest BCUT2D eigenvalue weighted by Crippen LogP contribution is -2.25. The van der Waals surface area contributed by atoms with Crippen molar-refractivity contribution in [2.45, 2.75) is 19.8 Å². The topological polar surface area (TPSA) is 55.0 Å². The van der Waals surface area contributed by atoms with Crippen LogP contribution in [0.2, 0.25) is 0 Å². The maximum absolute atomic E-state index is 5.56. The first kappa shape index (κ1) is 9.40. The molecule has 2 heterocycles. The summed E-state index contributed by atoms with van der Waals surface area (Å²) in [7, 11) is 0. The van der Waals surface area contributed by atoms with Crippen molar-refractivity contribution in [3.05, 3.63) is 17.5 Å². The number of hydrogen-bond acceptors (Lipinski definition) is 4. The van der Waals surface area contributed by atoms with Gasteiger partial charge in [0.05, 0.1) is 5.69 Å². The molecule has 0 unspecified atom stereocenters. The third kappa shape index (κ3) is 1.85. The fourth-order valence-electron chi connectivity index (χ4n) is 1.85. The van der Waals surface area contributed by atoms with Gasteiger partial charge in [-0.1, -0.05) is 6.92 Å². The molecular formula is C10H16N4. The van der Waals surface area contributed by atoms with E-state index in [-0.39, 0.29) is 0 Å². The van der Waals surface area contributed by atoms with Gasteiger partial charge in [0.15, 0.2) is 0 Å². The fraction of sp³-hybridized carbons (Fsp3) is 0.600. The average Bonchev–Trinajstić information content (AvgIpc) is 2.39. The molecule has 0 fully saturated rings. The van der Waals surface area contributed by atoms with Crippen LogP contribution >= 0.6 is 0 Å². The number of nitrogens with zero attached hydrogens (tertiary/aromatic N) is 3. The summed E-state index contributed by atoms with van der Waals surface area (Å²) in [6, 6.07) is 0. The molecule has 0 aliphatic carbocycles. The number of nitrogen functional groups attached to an aromatic ring is 1. The predicted molar refractivity (Wildman–Crippen MR) is 56.0 cm³/mol. The third-order valence-corrected chi connectivity index (χ3v) is 2.78. The highest BCUT2D eigenvalue weighted by Crippen LogP contribution is 2.13. The Bertz CT molecular complexity index is 324. The largest absolute Gasteiger partial charge is 0.368 e. The molecule has 2 rings (SSSR count). The minimum absolute atomic E-state index is 0.397. The van der Waals surface area contributed by atoms with Crippen LogP contribution in [0.5, 0.6) is 0 Å². The van der Waals surface area contributed by atoms with Gasteiger partial charge in [0.1, 0.15) is 0 Å². The molecule has 0 bridgehead atoms. The first-order valence-electron chi connectivity index (χ1n) is 5.12. The zero-order valence-corrected chi connectivity index (χ0v) is 8.53. The Morgan fingerprint density at radius 3 is 3.00 bits per heavy atom. The van der Waals surface area contributed by atoms with Gasteiger partial charge in [0.25, 0.3) is 0 Å². The minimum atomic E-state index is 0.397. The van der Waals surface area contributed by atoms with Crippen LogP contribution in [0, 0.1) is 0 Å². The van der Waals surface area contributed by atoms with Crippen LogP contribution in [0.3, 0.4) is 0 Å². The summed E-state index contributed by atoms with van der Waals surface area (Å²) >= 11 is 0. The second kappa shape index (κ2) is 3.92. The molecule has 1 aliphatic heterocycles. The van der Waals surface area contributed by atoms with Gasteiger partial charge in [-0.15, -0.1) is 0 Å². The Morgan fingerprint density at radius 1 is 1.43 bits per heavy atom. The van der Waals surface area contributed by atoms with E-state index in [0.29, 0.717) is 5.95 Å². The van der Waals surface area contributed by atoms with Crippen molar-refractivity contribution in [2.75, 3.05) is 25.4 Å². The highest BCUT2D eigenvalue weighted by Gasteiger charge is 2.13. The average molecular weight is 192 g/mol. The van der Waals surface area contributed by atoms with Crippen molar-refractivity contribution in [1.29, 1.82) is 0 Å². The molecule has 4 heteroatoms. The van der Waals surface area contributed by atoms with Crippen LogP contribution in [-0.2, 0) is 12.8 Å². The highest BCUT2D eigenvalue weighted by atomic mass is 15.1. The summed E-state index contributed by atoms with van der Waals surface area (Å²) in [4.78, 5) is 10.7. The number of fused-ring (bicyclic) bond motifs is 1. The van der Waals surface area contributed by atoms with Gasteiger partial charge in [-0.2, -0.15) is 0 Å². The van der Waals surface area contributed by atoms with E-state index in [4.69, 9.17) is 5.73 Å². The van der Waals surface area contributed by atoms with E-state index in [1.165, 1.54) is 5.56 Å². The van der Waals surface area contributed by atoms with Crippen molar-refractivity contribution < 1.29 is 0 Å². The molecule has 1 aromatic heterocycles. The molecule has 1 aliphatic rings. The summed E-state index contributed by atoms with van der Waals surface area (Å²) in [5, 5.41) is 0. The molecule has 0 spiro atoms. The molecule has 0 amide bonds. The second-order valence-corrected chi connectivity index (χ2v) is 3.63. The summed E-state index contributed by atoms with van der Waals surface area (Å²) in [6.07, 6.45) is 3.91. The Kier molecular flexibility index (Phi) is 2.63. The molecule has 4 nitrogen and oxygen atoms in total. The second-order valence-electron chi connectivity index (χ2n) is 3.63. The van der Waals surface area contributed by atoms with Gasteiger partial charge in [-0.3, -0.25) is 0 Å². The molecule has 2 N–H and O–H groups in total. The quantitative estimate of drug-likeness (QED) is 0.703. The molecular weight excluding hydrogens is 176 g/mol. The number of nitrogens with two attached hydrogens (primary N) is 1. The maximum atomic E-state index is 5.56. The molecule has 76 valence electrons. The van der Waals surface area contributed by atoms with Gasteiger partial charge < -0.3 is 10.6 Å². The standard InChI is InChI=1S/C10H16N4/c1-2-14-5-3-8-7-12-10(11)13-9(8)4-6-14/h7H,2-6H2,1H3,(H2,11,12,13). The fourth-order valence-corrected chi connectivity index (χ4v) is 1.85. The normalized spacial score (nSPS) is 17.5. The molecule has 0 radical (unpaired) electrons. The predicted octanol–water partition coefficient (Wildman–Crippen LogP) is 0.479. The van der Waals surface area contributed by atoms with E-state index < -0.39 is 0 Å². The van der Waals surface area contributed by atoms with Gasteiger partial charge >= 0.3 is 0 Å². The molecule has 0 atom stereocenters. The zero-order chi connectivity index (χ0) is 9.97. The Morgan fingerprint density at radius 2 is 2.21 bits per heavy atom. The van der Waals surface area contributed by atoms with Gasteiger partial charge in [0.2, 0.25) is 5.95 Å². The van der Waals surface area contributed by atoms with Gasteiger partial charge in [-0.25, -0.2) is 9.97 Å². The van der Waals surface area contributed by atoms with Crippen molar-refractivity contribution in [1.82, 2.24) is 14.9 Å². The first-order valence-corrected chi connectivity index (χ1v) is 5.12. The molecule has 0 saturated heterocycles. The summed E-state index contributed by atoms with van der Waals surface area (Å²) in [6.45, 7) is 5.49. The van der Waals surface area contributed by atoms with E-state index in [0.717, 1.165) is 38.2 Å². The number of rotatable bonds is 1. The molecule has 1 aromatic rings. The highest BCUT2D eigenvalue weighted by molar-refractivity contribution is 5.26. The smallest absolute Gasteiger partial charge is 0.220 e. The van der Waals surface area contributed by atoms with E-state index in [2.05, 4.69) is 21.8 Å². The van der Waals surface area contributed by atoms with Crippen molar-refractivity contribution in [3.8, 4) is 0 Å². The number of aromatic nitrogens is 2. The Balaban J connectivity index is 2.21. The molecule has 0 saturated carbocycles. The lowest BCUT2D eigenvalue weighted by atomic mass is 10.1. The first-order chi connectivity index (χ1) is 6.79. The molecule has 0 aromatic carbocycles. The SMILES string of the molecule is CCN1CCc2cnc(N)nc2CC1. The lowest BCUT2D eigenvalue weighted by molar-refractivity contribution is 0.303. The zero-order valence-electron chi connectivity index (χ0n) is 8.53. The summed E-state index contributed by atoms with van der Waals surface area (Å²) < 4.78 is 0. The number of anilines is 1. The van der Waals surface area contributed by atoms with Crippen molar-refractivity contribution in [3.63, 3.8) is 0 Å². The van der Waals surface area contributed by atoms with Crippen LogP contribution in [0.25, 0.3) is 0 Å². The van der Waals surface area contributed by atoms with E-state index in [1.54, 1.807) is 0 Å². The Labute approximate surface area is 84.2 Å². The summed E-state index contributed by atoms with van der Waals surface area (Å²) in [5.74, 6) is 0.397. The monoisotopic (exact) mass is 192 g/mol. The van der Waals surface area contributed by atoms with Crippen molar-refractivity contribution in [2.24, 2.45) is 0 Å². The lowest BCUT2D eigenvalue weighted by Gasteiger charge is -2.15. The number of likely N-dealkylation sites (N-methyl/N-ethyl adjacent to an activating group) is 1. The van der Waals surface area contributed by atoms with Crippen LogP contribution in [0.1, 0.15) is 18.2 Å². The van der Waals surface area contributed by atoms with Gasteiger partial charge in [0, 0.05) is 25.7 Å². The maximum Gasteiger partial charge on any atom is 0.220 e. The van der Waals surface area contributed by atoms with E-state index >= 15 is 0 Å². The van der Waals surface area contributed by atoms with Crippen molar-refractivity contribution >= 4 is 5.95 Å².